The highest BCUT2D eigenvalue weighted by Crippen LogP contribution is 2.40. The predicted octanol–water partition coefficient (Wildman–Crippen LogP) is 3.41. The number of aromatic nitrogens is 1. The summed E-state index contributed by atoms with van der Waals surface area (Å²) in [4.78, 5) is 15.8. The lowest BCUT2D eigenvalue weighted by Crippen LogP contribution is -2.31. The molecule has 2 unspecified atom stereocenters. The van der Waals surface area contributed by atoms with Crippen LogP contribution in [0.3, 0.4) is 0 Å². The average Bonchev–Trinajstić information content (AvgIpc) is 3.21. The zero-order valence-corrected chi connectivity index (χ0v) is 11.5. The van der Waals surface area contributed by atoms with Crippen LogP contribution in [0.1, 0.15) is 17.9 Å². The molecule has 0 bridgehead atoms. The van der Waals surface area contributed by atoms with Crippen molar-refractivity contribution in [3.63, 3.8) is 0 Å². The van der Waals surface area contributed by atoms with Gasteiger partial charge in [0.05, 0.1) is 5.02 Å². The first-order valence-electron chi connectivity index (χ1n) is 6.46. The van der Waals surface area contributed by atoms with Crippen molar-refractivity contribution in [3.05, 3.63) is 59.2 Å². The molecule has 102 valence electrons. The lowest BCUT2D eigenvalue weighted by atomic mass is 10.1. The van der Waals surface area contributed by atoms with E-state index in [0.717, 1.165) is 6.42 Å². The second-order valence-electron chi connectivity index (χ2n) is 4.82. The summed E-state index contributed by atoms with van der Waals surface area (Å²) in [5.41, 5.74) is 1.27. The summed E-state index contributed by atoms with van der Waals surface area (Å²) < 4.78 is 0. The summed E-state index contributed by atoms with van der Waals surface area (Å²) in [6.45, 7) is 0. The fourth-order valence-electron chi connectivity index (χ4n) is 2.19. The third-order valence-corrected chi connectivity index (χ3v) is 3.53. The molecule has 1 aliphatic rings. The van der Waals surface area contributed by atoms with Crippen molar-refractivity contribution in [2.24, 2.45) is 0 Å². The summed E-state index contributed by atoms with van der Waals surface area (Å²) >= 11 is 5.74. The van der Waals surface area contributed by atoms with E-state index in [0.29, 0.717) is 16.8 Å². The third-order valence-electron chi connectivity index (χ3n) is 3.30. The molecule has 5 heteroatoms. The highest BCUT2D eigenvalue weighted by atomic mass is 35.5. The quantitative estimate of drug-likeness (QED) is 0.909. The standard InChI is InChI=1S/C15H14ClN3O/c16-11-6-7-14(17-9-11)19-15(20)18-13-8-12(13)10-4-2-1-3-5-10/h1-7,9,12-13H,8H2,(H2,17,18,19,20). The lowest BCUT2D eigenvalue weighted by Gasteiger charge is -2.06. The summed E-state index contributed by atoms with van der Waals surface area (Å²) in [5, 5.41) is 6.18. The average molecular weight is 288 g/mol. The number of urea groups is 1. The van der Waals surface area contributed by atoms with E-state index < -0.39 is 0 Å². The maximum absolute atomic E-state index is 11.8. The lowest BCUT2D eigenvalue weighted by molar-refractivity contribution is 0.251. The number of rotatable bonds is 3. The third kappa shape index (κ3) is 3.08. The Hall–Kier alpha value is -2.07. The Morgan fingerprint density at radius 3 is 2.70 bits per heavy atom. The van der Waals surface area contributed by atoms with Crippen LogP contribution in [0.4, 0.5) is 10.6 Å². The normalized spacial score (nSPS) is 20.2. The van der Waals surface area contributed by atoms with Crippen LogP contribution in [-0.2, 0) is 0 Å². The first kappa shape index (κ1) is 12.9. The van der Waals surface area contributed by atoms with Crippen LogP contribution in [0.15, 0.2) is 48.7 Å². The molecule has 0 saturated heterocycles. The first-order chi connectivity index (χ1) is 9.72. The molecule has 2 aromatic rings. The first-order valence-corrected chi connectivity index (χ1v) is 6.84. The molecule has 20 heavy (non-hydrogen) atoms. The molecular formula is C15H14ClN3O. The van der Waals surface area contributed by atoms with Gasteiger partial charge in [0.2, 0.25) is 0 Å². The Bertz CT molecular complexity index is 600. The van der Waals surface area contributed by atoms with E-state index in [4.69, 9.17) is 11.6 Å². The number of benzene rings is 1. The van der Waals surface area contributed by atoms with E-state index in [-0.39, 0.29) is 12.1 Å². The van der Waals surface area contributed by atoms with Gasteiger partial charge in [-0.05, 0) is 24.1 Å². The molecule has 1 saturated carbocycles. The molecule has 4 nitrogen and oxygen atoms in total. The fourth-order valence-corrected chi connectivity index (χ4v) is 2.31. The van der Waals surface area contributed by atoms with Gasteiger partial charge in [-0.3, -0.25) is 5.32 Å². The van der Waals surface area contributed by atoms with Crippen molar-refractivity contribution in [2.75, 3.05) is 5.32 Å². The van der Waals surface area contributed by atoms with Crippen molar-refractivity contribution in [2.45, 2.75) is 18.4 Å². The predicted molar refractivity (Wildman–Crippen MR) is 79.0 cm³/mol. The van der Waals surface area contributed by atoms with Crippen LogP contribution in [0, 0.1) is 0 Å². The summed E-state index contributed by atoms with van der Waals surface area (Å²) in [7, 11) is 0. The topological polar surface area (TPSA) is 54.0 Å². The van der Waals surface area contributed by atoms with Gasteiger partial charge in [-0.25, -0.2) is 9.78 Å². The molecule has 0 radical (unpaired) electrons. The Morgan fingerprint density at radius 1 is 1.20 bits per heavy atom. The minimum absolute atomic E-state index is 0.199. The molecule has 3 rings (SSSR count). The zero-order valence-electron chi connectivity index (χ0n) is 10.7. The van der Waals surface area contributed by atoms with Gasteiger partial charge in [-0.15, -0.1) is 0 Å². The number of anilines is 1. The molecular weight excluding hydrogens is 274 g/mol. The summed E-state index contributed by atoms with van der Waals surface area (Å²) in [6.07, 6.45) is 2.48. The van der Waals surface area contributed by atoms with Gasteiger partial charge < -0.3 is 5.32 Å². The van der Waals surface area contributed by atoms with Gasteiger partial charge in [-0.2, -0.15) is 0 Å². The van der Waals surface area contributed by atoms with Gasteiger partial charge in [0.1, 0.15) is 5.82 Å². The molecule has 0 spiro atoms. The van der Waals surface area contributed by atoms with Gasteiger partial charge >= 0.3 is 6.03 Å². The largest absolute Gasteiger partial charge is 0.334 e. The number of nitrogens with zero attached hydrogens (tertiary/aromatic N) is 1. The Kier molecular flexibility index (Phi) is 3.56. The Morgan fingerprint density at radius 2 is 2.00 bits per heavy atom. The molecule has 0 aliphatic heterocycles. The highest BCUT2D eigenvalue weighted by molar-refractivity contribution is 6.30. The summed E-state index contributed by atoms with van der Waals surface area (Å²) in [5.74, 6) is 0.906. The minimum atomic E-state index is -0.233. The number of halogens is 1. The number of nitrogens with one attached hydrogen (secondary N) is 2. The van der Waals surface area contributed by atoms with Gasteiger partial charge in [-0.1, -0.05) is 41.9 Å². The van der Waals surface area contributed by atoms with Crippen molar-refractivity contribution in [1.29, 1.82) is 0 Å². The van der Waals surface area contributed by atoms with Crippen molar-refractivity contribution in [1.82, 2.24) is 10.3 Å². The molecule has 1 aromatic carbocycles. The van der Waals surface area contributed by atoms with Crippen LogP contribution in [0.5, 0.6) is 0 Å². The SMILES string of the molecule is O=C(Nc1ccc(Cl)cn1)NC1CC1c1ccccc1. The van der Waals surface area contributed by atoms with Crippen molar-refractivity contribution >= 4 is 23.4 Å². The summed E-state index contributed by atoms with van der Waals surface area (Å²) in [6, 6.07) is 13.5. The number of hydrogen-bond donors (Lipinski definition) is 2. The molecule has 1 aliphatic carbocycles. The monoisotopic (exact) mass is 287 g/mol. The van der Waals surface area contributed by atoms with E-state index >= 15 is 0 Å². The number of pyridine rings is 1. The van der Waals surface area contributed by atoms with Gasteiger partial charge in [0.25, 0.3) is 0 Å². The van der Waals surface area contributed by atoms with E-state index in [9.17, 15) is 4.79 Å². The van der Waals surface area contributed by atoms with Gasteiger partial charge in [0.15, 0.2) is 0 Å². The van der Waals surface area contributed by atoms with Crippen LogP contribution in [-0.4, -0.2) is 17.1 Å². The van der Waals surface area contributed by atoms with E-state index in [1.165, 1.54) is 11.8 Å². The Labute approximate surface area is 122 Å². The Balaban J connectivity index is 1.52. The highest BCUT2D eigenvalue weighted by Gasteiger charge is 2.39. The number of carbonyl (C=O) groups is 1. The van der Waals surface area contributed by atoms with Gasteiger partial charge in [0, 0.05) is 18.2 Å². The van der Waals surface area contributed by atoms with E-state index in [1.54, 1.807) is 12.1 Å². The van der Waals surface area contributed by atoms with Crippen LogP contribution >= 0.6 is 11.6 Å². The maximum Gasteiger partial charge on any atom is 0.320 e. The molecule has 1 aromatic heterocycles. The molecule has 2 atom stereocenters. The molecule has 2 N–H and O–H groups in total. The molecule has 1 fully saturated rings. The van der Waals surface area contributed by atoms with Crippen molar-refractivity contribution < 1.29 is 4.79 Å². The minimum Gasteiger partial charge on any atom is -0.334 e. The second-order valence-corrected chi connectivity index (χ2v) is 5.26. The van der Waals surface area contributed by atoms with Crippen molar-refractivity contribution in [3.8, 4) is 0 Å². The zero-order chi connectivity index (χ0) is 13.9. The van der Waals surface area contributed by atoms with E-state index in [1.807, 2.05) is 18.2 Å². The van der Waals surface area contributed by atoms with Crippen LogP contribution in [0.25, 0.3) is 0 Å². The molecule has 1 heterocycles. The van der Waals surface area contributed by atoms with E-state index in [2.05, 4.69) is 27.8 Å². The number of amides is 2. The fraction of sp³-hybridized carbons (Fsp3) is 0.200. The molecule has 2 amide bonds. The number of carbonyl (C=O) groups excluding carboxylic acids is 1. The maximum atomic E-state index is 11.8. The second kappa shape index (κ2) is 5.51. The smallest absolute Gasteiger partial charge is 0.320 e. The van der Waals surface area contributed by atoms with Crippen LogP contribution in [0.2, 0.25) is 5.02 Å². The van der Waals surface area contributed by atoms with Crippen LogP contribution < -0.4 is 10.6 Å². The number of hydrogen-bond acceptors (Lipinski definition) is 2.